The molecule has 0 radical (unpaired) electrons. The Morgan fingerprint density at radius 2 is 0.250 bits per heavy atom. The zero-order valence-electron chi connectivity index (χ0n) is 5.30. The molecule has 0 aliphatic heterocycles. The summed E-state index contributed by atoms with van der Waals surface area (Å²) in [6, 6.07) is 0. The quantitative estimate of drug-likeness (QED) is 0.419. The third kappa shape index (κ3) is 1490. The molecule has 12 heavy (non-hydrogen) atoms. The molecule has 0 unspecified atom stereocenters. The predicted octanol–water partition coefficient (Wildman–Crippen LogP) is -16.0. The maximum Gasteiger partial charge on any atom is -0.412 e. The molecule has 0 spiro atoms. The molecule has 0 saturated carbocycles. The number of hydrogen-bond donors (Lipinski definition) is 0. The van der Waals surface area contributed by atoms with E-state index in [1.165, 1.54) is 0 Å². The van der Waals surface area contributed by atoms with Crippen LogP contribution in [0.25, 0.3) is 0 Å². The minimum absolute atomic E-state index is 0. The van der Waals surface area contributed by atoms with E-state index in [4.69, 9.17) is 0 Å². The molecule has 0 saturated heterocycles. The van der Waals surface area contributed by atoms with Gasteiger partial charge in [0.05, 0.1) is 0 Å². The second kappa shape index (κ2) is 1970. The lowest BCUT2D eigenvalue weighted by Gasteiger charge is -1.00. The van der Waals surface area contributed by atoms with Crippen molar-refractivity contribution in [3.8, 4) is 0 Å². The Morgan fingerprint density at radius 1 is 0.250 bits per heavy atom. The van der Waals surface area contributed by atoms with E-state index < -0.39 is 0 Å². The predicted molar refractivity (Wildman–Crippen MR) is 22.2 cm³/mol. The van der Waals surface area contributed by atoms with E-state index in [0.717, 1.165) is 0 Å². The molecule has 12 heteroatoms. The first-order valence-electron chi connectivity index (χ1n) is 0. The first-order valence-corrected chi connectivity index (χ1v) is 0. The van der Waals surface area contributed by atoms with Crippen molar-refractivity contribution in [1.29, 1.82) is 0 Å². The van der Waals surface area contributed by atoms with Crippen molar-refractivity contribution in [3.05, 3.63) is 0 Å². The summed E-state index contributed by atoms with van der Waals surface area (Å²) in [5.74, 6) is 0. The van der Waals surface area contributed by atoms with Gasteiger partial charge >= 0.3 is 0 Å². The van der Waals surface area contributed by atoms with Crippen molar-refractivity contribution in [2.24, 2.45) is 0 Å². The molecule has 0 amide bonds. The van der Waals surface area contributed by atoms with Gasteiger partial charge in [-0.15, -0.1) is 0 Å². The Labute approximate surface area is 93.8 Å². The fourth-order valence-electron chi connectivity index (χ4n) is 0. The van der Waals surface area contributed by atoms with Crippen LogP contribution >= 0.6 is 0 Å². The summed E-state index contributed by atoms with van der Waals surface area (Å²) in [5.41, 5.74) is 0. The molecule has 0 aliphatic carbocycles. The van der Waals surface area contributed by atoms with E-state index in [0.29, 0.717) is 0 Å². The monoisotopic (exact) mass is 280 g/mol. The van der Waals surface area contributed by atoms with Gasteiger partial charge in [-0.25, -0.2) is 0 Å². The number of hydrogen-bond acceptors (Lipinski definition) is 4. The van der Waals surface area contributed by atoms with Gasteiger partial charge in [0, 0.05) is 0 Å². The van der Waals surface area contributed by atoms with Gasteiger partial charge in [-0.2, -0.15) is 0 Å². The molecular formula is H12Cl4O8-8. The molecule has 0 atom stereocenters. The second-order valence-electron chi connectivity index (χ2n) is 0. The molecule has 0 heterocycles. The van der Waals surface area contributed by atoms with Crippen LogP contribution in [0, 0.1) is 0 Å². The smallest absolute Gasteiger partial charge is 0.412 e. The van der Waals surface area contributed by atoms with Crippen LogP contribution in [0.15, 0.2) is 0 Å². The normalized spacial score (nSPS) is 0. The van der Waals surface area contributed by atoms with Crippen molar-refractivity contribution in [3.63, 3.8) is 0 Å². The molecular weight excluding hydrogens is 270 g/mol. The third-order valence-electron chi connectivity index (χ3n) is 0. The van der Waals surface area contributed by atoms with Gasteiger partial charge in [0.15, 0.2) is 0 Å². The first kappa shape index (κ1) is 2550. The molecule has 0 aromatic rings. The fourth-order valence-corrected chi connectivity index (χ4v) is 0. The number of rotatable bonds is 0. The van der Waals surface area contributed by atoms with Gasteiger partial charge in [0.2, 0.25) is 0 Å². The van der Waals surface area contributed by atoms with Gasteiger partial charge in [0.25, 0.3) is 0 Å². The molecule has 0 aromatic heterocycles. The average Bonchev–Trinajstić information content (AvgIpc) is 0. The van der Waals surface area contributed by atoms with E-state index in [1.54, 1.807) is 0 Å². The minimum atomic E-state index is 0. The SMILES string of the molecule is O.O.O.O.[Cl-].[Cl-].[Cl-].[Cl-].[OH-].[OH-].[OH-].[OH-]. The lowest BCUT2D eigenvalue weighted by molar-refractivity contribution is -0.00100. The van der Waals surface area contributed by atoms with Gasteiger partial charge in [-0.05, 0) is 0 Å². The van der Waals surface area contributed by atoms with Crippen molar-refractivity contribution in [1.82, 2.24) is 0 Å². The first-order chi connectivity index (χ1) is 0. The minimum Gasteiger partial charge on any atom is -1.00 e. The highest BCUT2D eigenvalue weighted by molar-refractivity contribution is 0.831. The highest BCUT2D eigenvalue weighted by atomic mass is 35.5. The van der Waals surface area contributed by atoms with Crippen LogP contribution in [-0.2, 0) is 0 Å². The van der Waals surface area contributed by atoms with Crippen molar-refractivity contribution >= 4 is 0 Å². The summed E-state index contributed by atoms with van der Waals surface area (Å²) >= 11 is 0. The maximum atomic E-state index is 0. The van der Waals surface area contributed by atoms with E-state index in [2.05, 4.69) is 0 Å². The zero-order valence-corrected chi connectivity index (χ0v) is 8.32. The zero-order chi connectivity index (χ0) is 0. The standard InChI is InChI=1S/4ClH.8H2O/h4*1H;8*1H2/p-8. The summed E-state index contributed by atoms with van der Waals surface area (Å²) in [4.78, 5) is 0. The van der Waals surface area contributed by atoms with Crippen LogP contribution < -0.4 is 49.6 Å². The van der Waals surface area contributed by atoms with Crippen LogP contribution in [0.5, 0.6) is 0 Å². The van der Waals surface area contributed by atoms with Gasteiger partial charge in [-0.3, -0.25) is 0 Å². The Hall–Kier alpha value is 0.840. The molecule has 0 aromatic carbocycles. The van der Waals surface area contributed by atoms with Gasteiger partial charge < -0.3 is 93.4 Å². The van der Waals surface area contributed by atoms with Gasteiger partial charge in [0.1, 0.15) is 0 Å². The summed E-state index contributed by atoms with van der Waals surface area (Å²) in [6.07, 6.45) is 0. The van der Waals surface area contributed by atoms with Crippen molar-refractivity contribution in [2.45, 2.75) is 0 Å². The van der Waals surface area contributed by atoms with Crippen LogP contribution in [-0.4, -0.2) is 43.8 Å². The lowest BCUT2D eigenvalue weighted by Crippen LogP contribution is -3.00. The summed E-state index contributed by atoms with van der Waals surface area (Å²) in [6.45, 7) is 0. The fraction of sp³-hybridized carbons (Fsp3) is 0. The largest absolute Gasteiger partial charge is 1.00 e. The maximum absolute atomic E-state index is 0. The van der Waals surface area contributed by atoms with Crippen LogP contribution in [0.4, 0.5) is 0 Å². The summed E-state index contributed by atoms with van der Waals surface area (Å²) in [7, 11) is 0. The van der Waals surface area contributed by atoms with Crippen molar-refractivity contribution < 1.29 is 93.4 Å². The lowest BCUT2D eigenvalue weighted by atomic mass is 16.0. The second-order valence-corrected chi connectivity index (χ2v) is 0. The van der Waals surface area contributed by atoms with Crippen LogP contribution in [0.3, 0.4) is 0 Å². The highest BCUT2D eigenvalue weighted by Crippen LogP contribution is -0.282. The Kier molecular flexibility index (Phi) is 419000. The number of halogens is 4. The van der Waals surface area contributed by atoms with E-state index in [9.17, 15) is 0 Å². The van der Waals surface area contributed by atoms with Gasteiger partial charge in [-0.1, -0.05) is 0 Å². The Balaban J connectivity index is 0. The Morgan fingerprint density at radius 3 is 0.250 bits per heavy atom. The molecule has 96 valence electrons. The summed E-state index contributed by atoms with van der Waals surface area (Å²) in [5, 5.41) is 0. The van der Waals surface area contributed by atoms with E-state index >= 15 is 0 Å². The van der Waals surface area contributed by atoms with E-state index in [-0.39, 0.29) is 93.4 Å². The molecule has 0 bridgehead atoms. The van der Waals surface area contributed by atoms with E-state index in [1.807, 2.05) is 0 Å². The molecule has 0 aliphatic rings. The third-order valence-corrected chi connectivity index (χ3v) is 0. The van der Waals surface area contributed by atoms with Crippen LogP contribution in [0.2, 0.25) is 0 Å². The topological polar surface area (TPSA) is 246 Å². The Bertz CT molecular complexity index is 11.0. The molecule has 0 fully saturated rings. The van der Waals surface area contributed by atoms with Crippen LogP contribution in [0.1, 0.15) is 0 Å². The van der Waals surface area contributed by atoms with Crippen molar-refractivity contribution in [2.75, 3.05) is 0 Å². The highest BCUT2D eigenvalue weighted by Gasteiger charge is -0.408. The molecule has 12 N–H and O–H groups in total. The average molecular weight is 282 g/mol. The summed E-state index contributed by atoms with van der Waals surface area (Å²) < 4.78 is 0. The molecule has 0 rings (SSSR count). The molecule has 8 nitrogen and oxygen atoms in total.